The van der Waals surface area contributed by atoms with Gasteiger partial charge in [-0.25, -0.2) is 4.79 Å². The number of ether oxygens (including phenoxy) is 3. The molecule has 0 saturated carbocycles. The Hall–Kier alpha value is -3.15. The SMILES string of the molecule is CC.CCNC.COC(=O)C1(OCCCCCN)CC(O)C(C)C(C)O1.NC=O.O=Cc1ccc(-c2ccccc2)cc1. The van der Waals surface area contributed by atoms with E-state index in [1.54, 1.807) is 0 Å². The van der Waals surface area contributed by atoms with Gasteiger partial charge >= 0.3 is 5.97 Å². The number of rotatable bonds is 10. The lowest BCUT2D eigenvalue weighted by atomic mass is 9.89. The highest BCUT2D eigenvalue weighted by atomic mass is 16.7. The largest absolute Gasteiger partial charge is 0.465 e. The predicted octanol–water partition coefficient (Wildman–Crippen LogP) is 4.33. The van der Waals surface area contributed by atoms with E-state index in [2.05, 4.69) is 30.1 Å². The van der Waals surface area contributed by atoms with Crippen molar-refractivity contribution in [3.63, 3.8) is 0 Å². The molecule has 6 N–H and O–H groups in total. The average molecular weight is 606 g/mol. The fraction of sp³-hybridized carbons (Fsp3) is 0.545. The smallest absolute Gasteiger partial charge is 0.366 e. The molecule has 244 valence electrons. The van der Waals surface area contributed by atoms with Gasteiger partial charge in [-0.3, -0.25) is 9.59 Å². The van der Waals surface area contributed by atoms with E-state index >= 15 is 0 Å². The van der Waals surface area contributed by atoms with E-state index in [1.165, 1.54) is 12.7 Å². The number of unbranched alkanes of at least 4 members (excludes halogenated alkanes) is 2. The molecule has 10 heteroatoms. The van der Waals surface area contributed by atoms with Crippen molar-refractivity contribution < 1.29 is 33.7 Å². The summed E-state index contributed by atoms with van der Waals surface area (Å²) in [7, 11) is 3.22. The molecule has 4 atom stereocenters. The van der Waals surface area contributed by atoms with Crippen LogP contribution in [-0.2, 0) is 23.8 Å². The Bertz CT molecular complexity index is 945. The second kappa shape index (κ2) is 26.5. The molecule has 0 aromatic heterocycles. The lowest BCUT2D eigenvalue weighted by Crippen LogP contribution is -2.56. The topological polar surface area (TPSA) is 163 Å². The third-order valence-electron chi connectivity index (χ3n) is 6.39. The number of aliphatic hydroxyl groups excluding tert-OH is 1. The molecule has 1 aliphatic rings. The fourth-order valence-electron chi connectivity index (χ4n) is 3.71. The van der Waals surface area contributed by atoms with Gasteiger partial charge in [0, 0.05) is 17.9 Å². The van der Waals surface area contributed by atoms with E-state index < -0.39 is 17.9 Å². The van der Waals surface area contributed by atoms with Gasteiger partial charge in [-0.15, -0.1) is 0 Å². The van der Waals surface area contributed by atoms with Crippen LogP contribution in [0.5, 0.6) is 0 Å². The molecular formula is C33H55N3O7. The first kappa shape index (κ1) is 42.0. The molecule has 1 fully saturated rings. The number of aldehydes is 1. The van der Waals surface area contributed by atoms with Crippen LogP contribution in [0.25, 0.3) is 11.1 Å². The van der Waals surface area contributed by atoms with Crippen molar-refractivity contribution in [2.45, 2.75) is 78.3 Å². The molecule has 0 bridgehead atoms. The van der Waals surface area contributed by atoms with E-state index in [4.69, 9.17) is 24.7 Å². The van der Waals surface area contributed by atoms with Crippen LogP contribution < -0.4 is 16.8 Å². The van der Waals surface area contributed by atoms with Crippen molar-refractivity contribution in [3.8, 4) is 11.1 Å². The van der Waals surface area contributed by atoms with E-state index in [9.17, 15) is 14.7 Å². The Kier molecular flexibility index (Phi) is 25.8. The number of carbonyl (C=O) groups excluding carboxylic acids is 3. The Morgan fingerprint density at radius 3 is 2.02 bits per heavy atom. The summed E-state index contributed by atoms with van der Waals surface area (Å²) in [6.45, 7) is 11.9. The van der Waals surface area contributed by atoms with Gasteiger partial charge in [-0.05, 0) is 57.5 Å². The summed E-state index contributed by atoms with van der Waals surface area (Å²) in [5.74, 6) is -2.12. The molecule has 43 heavy (non-hydrogen) atoms. The summed E-state index contributed by atoms with van der Waals surface area (Å²) < 4.78 is 16.2. The number of primary amides is 1. The zero-order valence-electron chi connectivity index (χ0n) is 27.1. The summed E-state index contributed by atoms with van der Waals surface area (Å²) >= 11 is 0. The molecule has 3 rings (SSSR count). The maximum atomic E-state index is 12.0. The number of carbonyl (C=O) groups is 3. The molecule has 0 aliphatic carbocycles. The van der Waals surface area contributed by atoms with Crippen molar-refractivity contribution in [1.82, 2.24) is 5.32 Å². The van der Waals surface area contributed by atoms with Gasteiger partial charge in [0.2, 0.25) is 6.41 Å². The Balaban J connectivity index is 0. The summed E-state index contributed by atoms with van der Waals surface area (Å²) in [4.78, 5) is 31.0. The lowest BCUT2D eigenvalue weighted by Gasteiger charge is -2.42. The summed E-state index contributed by atoms with van der Waals surface area (Å²) in [6, 6.07) is 17.7. The third kappa shape index (κ3) is 16.9. The van der Waals surface area contributed by atoms with Gasteiger partial charge in [0.15, 0.2) is 0 Å². The van der Waals surface area contributed by atoms with Crippen LogP contribution in [0.3, 0.4) is 0 Å². The zero-order valence-corrected chi connectivity index (χ0v) is 27.1. The zero-order chi connectivity index (χ0) is 33.1. The van der Waals surface area contributed by atoms with E-state index in [-0.39, 0.29) is 24.9 Å². The Morgan fingerprint density at radius 2 is 1.58 bits per heavy atom. The van der Waals surface area contributed by atoms with Gasteiger partial charge < -0.3 is 36.1 Å². The number of benzene rings is 2. The van der Waals surface area contributed by atoms with Crippen molar-refractivity contribution in [1.29, 1.82) is 0 Å². The Morgan fingerprint density at radius 1 is 1.05 bits per heavy atom. The highest BCUT2D eigenvalue weighted by Gasteiger charge is 2.51. The first-order chi connectivity index (χ1) is 20.7. The van der Waals surface area contributed by atoms with Gasteiger partial charge in [0.05, 0.1) is 25.9 Å². The molecule has 10 nitrogen and oxygen atoms in total. The molecule has 4 unspecified atom stereocenters. The lowest BCUT2D eigenvalue weighted by molar-refractivity contribution is -0.299. The summed E-state index contributed by atoms with van der Waals surface area (Å²) in [5.41, 5.74) is 12.6. The minimum absolute atomic E-state index is 0.0476. The molecule has 0 radical (unpaired) electrons. The first-order valence-corrected chi connectivity index (χ1v) is 14.9. The molecule has 1 aliphatic heterocycles. The number of nitrogens with one attached hydrogen (secondary N) is 1. The quantitative estimate of drug-likeness (QED) is 0.175. The van der Waals surface area contributed by atoms with Crippen molar-refractivity contribution in [3.05, 3.63) is 60.2 Å². The van der Waals surface area contributed by atoms with Crippen LogP contribution in [0.15, 0.2) is 54.6 Å². The summed E-state index contributed by atoms with van der Waals surface area (Å²) in [5, 5.41) is 13.0. The third-order valence-corrected chi connectivity index (χ3v) is 6.39. The normalized spacial score (nSPS) is 20.1. The minimum Gasteiger partial charge on any atom is -0.465 e. The number of esters is 1. The van der Waals surface area contributed by atoms with E-state index in [1.807, 2.05) is 77.2 Å². The van der Waals surface area contributed by atoms with Crippen LogP contribution in [0.4, 0.5) is 0 Å². The number of amides is 1. The minimum atomic E-state index is -1.48. The van der Waals surface area contributed by atoms with Crippen LogP contribution >= 0.6 is 0 Å². The van der Waals surface area contributed by atoms with Crippen molar-refractivity contribution in [2.75, 3.05) is 33.9 Å². The maximum Gasteiger partial charge on any atom is 0.366 e. The molecule has 0 spiro atoms. The van der Waals surface area contributed by atoms with Gasteiger partial charge in [-0.2, -0.15) is 0 Å². The highest BCUT2D eigenvalue weighted by molar-refractivity contribution is 5.78. The highest BCUT2D eigenvalue weighted by Crippen LogP contribution is 2.35. The van der Waals surface area contributed by atoms with Crippen molar-refractivity contribution >= 4 is 18.7 Å². The molecule has 1 amide bonds. The maximum absolute atomic E-state index is 12.0. The number of aliphatic hydroxyl groups is 1. The predicted molar refractivity (Wildman–Crippen MR) is 172 cm³/mol. The van der Waals surface area contributed by atoms with E-state index in [0.29, 0.717) is 18.7 Å². The molecule has 1 saturated heterocycles. The Labute approximate surface area is 258 Å². The molecular weight excluding hydrogens is 550 g/mol. The van der Waals surface area contributed by atoms with Gasteiger partial charge in [0.25, 0.3) is 5.79 Å². The standard InChI is InChI=1S/C14H27NO5.C13H10O.C3H9N.C2H6.CH3NO/c1-10-11(2)20-14(9-12(10)16,13(17)18-3)19-8-6-4-5-7-15;14-10-11-6-8-13(9-7-11)12-4-2-1-3-5-12;1-3-4-2;1-2;2-1-3/h10-12,16H,4-9,15H2,1-3H3;1-10H;4H,3H2,1-2H3;1-2H3;1H,(H2,2,3). The van der Waals surface area contributed by atoms with E-state index in [0.717, 1.165) is 37.7 Å². The van der Waals surface area contributed by atoms with Crippen LogP contribution in [0.2, 0.25) is 0 Å². The van der Waals surface area contributed by atoms with Gasteiger partial charge in [-0.1, -0.05) is 82.3 Å². The number of nitrogens with two attached hydrogens (primary N) is 2. The second-order valence-electron chi connectivity index (χ2n) is 9.34. The fourth-order valence-corrected chi connectivity index (χ4v) is 3.71. The number of hydrogen-bond donors (Lipinski definition) is 4. The summed E-state index contributed by atoms with van der Waals surface area (Å²) in [6.07, 6.45) is 2.92. The van der Waals surface area contributed by atoms with Crippen LogP contribution in [0.1, 0.15) is 70.7 Å². The van der Waals surface area contributed by atoms with Crippen molar-refractivity contribution in [2.24, 2.45) is 17.4 Å². The molecule has 1 heterocycles. The first-order valence-electron chi connectivity index (χ1n) is 14.9. The molecule has 2 aromatic rings. The monoisotopic (exact) mass is 605 g/mol. The number of hydrogen-bond acceptors (Lipinski definition) is 9. The van der Waals surface area contributed by atoms with Crippen LogP contribution in [-0.4, -0.2) is 75.6 Å². The van der Waals surface area contributed by atoms with Gasteiger partial charge in [0.1, 0.15) is 6.29 Å². The molecule has 2 aromatic carbocycles. The average Bonchev–Trinajstić information content (AvgIpc) is 3.05. The second-order valence-corrected chi connectivity index (χ2v) is 9.34. The van der Waals surface area contributed by atoms with Crippen LogP contribution in [0, 0.1) is 5.92 Å². The number of methoxy groups -OCH3 is 1.